The molecular formula is C15H19FN2O5S. The van der Waals surface area contributed by atoms with E-state index in [1.54, 1.807) is 6.07 Å². The van der Waals surface area contributed by atoms with Gasteiger partial charge >= 0.3 is 5.97 Å². The Morgan fingerprint density at radius 2 is 2.04 bits per heavy atom. The molecule has 1 heterocycles. The number of hydrogen-bond acceptors (Lipinski definition) is 4. The molecule has 1 aromatic carbocycles. The lowest BCUT2D eigenvalue weighted by atomic mass is 9.89. The Hall–Kier alpha value is -2.00. The first-order valence-corrected chi connectivity index (χ1v) is 9.15. The standard InChI is InChI=1S/C15H19FN2O5S/c16-11-4-1-3-10(7-11)12-8-18(9-13(12)15(20)21)14(19)5-2-6-24(17,22)23/h1,3-4,7,12-13H,2,5-6,8-9H2,(H,20,21)(H2,17,22,23)/t12-,13+/m1/s1. The number of primary sulfonamides is 1. The number of nitrogens with two attached hydrogens (primary N) is 1. The molecule has 0 unspecified atom stereocenters. The van der Waals surface area contributed by atoms with Crippen molar-refractivity contribution in [3.05, 3.63) is 35.6 Å². The number of carboxylic acids is 1. The lowest BCUT2D eigenvalue weighted by Gasteiger charge is -2.16. The number of sulfonamides is 1. The van der Waals surface area contributed by atoms with Gasteiger partial charge in [-0.25, -0.2) is 17.9 Å². The van der Waals surface area contributed by atoms with Crippen molar-refractivity contribution in [1.29, 1.82) is 0 Å². The van der Waals surface area contributed by atoms with Gasteiger partial charge in [-0.05, 0) is 24.1 Å². The van der Waals surface area contributed by atoms with Crippen LogP contribution in [0.15, 0.2) is 24.3 Å². The monoisotopic (exact) mass is 358 g/mol. The van der Waals surface area contributed by atoms with Crippen LogP contribution in [0.1, 0.15) is 24.3 Å². The summed E-state index contributed by atoms with van der Waals surface area (Å²) >= 11 is 0. The average molecular weight is 358 g/mol. The van der Waals surface area contributed by atoms with E-state index in [9.17, 15) is 27.5 Å². The van der Waals surface area contributed by atoms with Crippen molar-refractivity contribution in [2.75, 3.05) is 18.8 Å². The summed E-state index contributed by atoms with van der Waals surface area (Å²) in [6, 6.07) is 5.68. The maximum atomic E-state index is 13.4. The van der Waals surface area contributed by atoms with Gasteiger partial charge in [0.1, 0.15) is 5.82 Å². The van der Waals surface area contributed by atoms with E-state index < -0.39 is 33.6 Å². The molecule has 24 heavy (non-hydrogen) atoms. The fraction of sp³-hybridized carbons (Fsp3) is 0.467. The van der Waals surface area contributed by atoms with Gasteiger partial charge in [-0.15, -0.1) is 0 Å². The van der Waals surface area contributed by atoms with E-state index in [1.165, 1.54) is 23.1 Å². The Balaban J connectivity index is 2.06. The van der Waals surface area contributed by atoms with Gasteiger partial charge in [0.2, 0.25) is 15.9 Å². The molecule has 1 saturated heterocycles. The summed E-state index contributed by atoms with van der Waals surface area (Å²) < 4.78 is 35.2. The minimum atomic E-state index is -3.63. The molecule has 9 heteroatoms. The van der Waals surface area contributed by atoms with Crippen LogP contribution < -0.4 is 5.14 Å². The van der Waals surface area contributed by atoms with E-state index in [0.29, 0.717) is 5.56 Å². The molecule has 0 bridgehead atoms. The first-order valence-electron chi connectivity index (χ1n) is 7.44. The Morgan fingerprint density at radius 3 is 2.62 bits per heavy atom. The lowest BCUT2D eigenvalue weighted by molar-refractivity contribution is -0.141. The predicted octanol–water partition coefficient (Wildman–Crippen LogP) is 0.521. The van der Waals surface area contributed by atoms with Crippen LogP contribution in [0.4, 0.5) is 4.39 Å². The van der Waals surface area contributed by atoms with E-state index >= 15 is 0 Å². The highest BCUT2D eigenvalue weighted by molar-refractivity contribution is 7.89. The second-order valence-corrected chi connectivity index (χ2v) is 7.61. The van der Waals surface area contributed by atoms with Crippen molar-refractivity contribution in [3.63, 3.8) is 0 Å². The van der Waals surface area contributed by atoms with Crippen molar-refractivity contribution in [2.24, 2.45) is 11.1 Å². The van der Waals surface area contributed by atoms with E-state index in [-0.39, 0.29) is 37.6 Å². The van der Waals surface area contributed by atoms with E-state index in [1.807, 2.05) is 0 Å². The summed E-state index contributed by atoms with van der Waals surface area (Å²) in [5, 5.41) is 14.3. The summed E-state index contributed by atoms with van der Waals surface area (Å²) in [6.07, 6.45) is 0.0508. The molecule has 1 fully saturated rings. The fourth-order valence-corrected chi connectivity index (χ4v) is 3.46. The minimum Gasteiger partial charge on any atom is -0.481 e. The van der Waals surface area contributed by atoms with Gasteiger partial charge in [0.15, 0.2) is 0 Å². The number of carbonyl (C=O) groups is 2. The molecular weight excluding hydrogens is 339 g/mol. The van der Waals surface area contributed by atoms with E-state index in [0.717, 1.165) is 0 Å². The summed E-state index contributed by atoms with van der Waals surface area (Å²) in [4.78, 5) is 25.0. The molecule has 1 amide bonds. The fourth-order valence-electron chi connectivity index (χ4n) is 2.92. The van der Waals surface area contributed by atoms with Gasteiger partial charge in [-0.2, -0.15) is 0 Å². The third-order valence-electron chi connectivity index (χ3n) is 4.09. The van der Waals surface area contributed by atoms with Crippen molar-refractivity contribution in [1.82, 2.24) is 4.90 Å². The number of hydrogen-bond donors (Lipinski definition) is 2. The number of benzene rings is 1. The number of halogens is 1. The Morgan fingerprint density at radius 1 is 1.33 bits per heavy atom. The molecule has 3 N–H and O–H groups in total. The van der Waals surface area contributed by atoms with Gasteiger partial charge in [-0.3, -0.25) is 9.59 Å². The Kier molecular flexibility index (Phi) is 5.55. The van der Waals surface area contributed by atoms with Crippen LogP contribution in [0.5, 0.6) is 0 Å². The second kappa shape index (κ2) is 7.27. The first kappa shape index (κ1) is 18.3. The SMILES string of the molecule is NS(=O)(=O)CCCC(=O)N1C[C@H](C(=O)O)[C@@H](c2cccc(F)c2)C1. The minimum absolute atomic E-state index is 0.0186. The zero-order valence-electron chi connectivity index (χ0n) is 12.9. The van der Waals surface area contributed by atoms with Gasteiger partial charge in [0.05, 0.1) is 11.7 Å². The number of amides is 1. The van der Waals surface area contributed by atoms with Gasteiger partial charge in [-0.1, -0.05) is 12.1 Å². The van der Waals surface area contributed by atoms with E-state index in [2.05, 4.69) is 0 Å². The summed E-state index contributed by atoms with van der Waals surface area (Å²) in [7, 11) is -3.63. The maximum Gasteiger partial charge on any atom is 0.308 e. The molecule has 2 rings (SSSR count). The highest BCUT2D eigenvalue weighted by Gasteiger charge is 2.40. The zero-order valence-corrected chi connectivity index (χ0v) is 13.7. The molecule has 0 spiro atoms. The number of nitrogens with zero attached hydrogens (tertiary/aromatic N) is 1. The van der Waals surface area contributed by atoms with Crippen molar-refractivity contribution in [2.45, 2.75) is 18.8 Å². The third kappa shape index (κ3) is 4.75. The number of likely N-dealkylation sites (tertiary alicyclic amines) is 1. The van der Waals surface area contributed by atoms with Gasteiger partial charge in [0.25, 0.3) is 0 Å². The highest BCUT2D eigenvalue weighted by atomic mass is 32.2. The van der Waals surface area contributed by atoms with Gasteiger partial charge in [0, 0.05) is 25.4 Å². The van der Waals surface area contributed by atoms with E-state index in [4.69, 9.17) is 5.14 Å². The smallest absolute Gasteiger partial charge is 0.308 e. The third-order valence-corrected chi connectivity index (χ3v) is 4.94. The van der Waals surface area contributed by atoms with Crippen molar-refractivity contribution in [3.8, 4) is 0 Å². The average Bonchev–Trinajstić information content (AvgIpc) is 2.91. The van der Waals surface area contributed by atoms with Crippen LogP contribution in [0.25, 0.3) is 0 Å². The van der Waals surface area contributed by atoms with Gasteiger partial charge < -0.3 is 10.0 Å². The van der Waals surface area contributed by atoms with Crippen LogP contribution in [0.3, 0.4) is 0 Å². The van der Waals surface area contributed by atoms with Crippen molar-refractivity contribution < 1.29 is 27.5 Å². The number of rotatable bonds is 6. The Labute approximate surface area is 139 Å². The predicted molar refractivity (Wildman–Crippen MR) is 84.1 cm³/mol. The summed E-state index contributed by atoms with van der Waals surface area (Å²) in [5.41, 5.74) is 0.530. The summed E-state index contributed by atoms with van der Waals surface area (Å²) in [5.74, 6) is -3.47. The molecule has 1 aliphatic rings. The molecule has 1 aromatic rings. The number of aliphatic carboxylic acids is 1. The molecule has 7 nitrogen and oxygen atoms in total. The first-order chi connectivity index (χ1) is 11.2. The quantitative estimate of drug-likeness (QED) is 0.769. The van der Waals surface area contributed by atoms with Crippen LogP contribution in [0, 0.1) is 11.7 Å². The van der Waals surface area contributed by atoms with Crippen molar-refractivity contribution >= 4 is 21.9 Å². The van der Waals surface area contributed by atoms with Crippen LogP contribution in [-0.4, -0.2) is 49.1 Å². The highest BCUT2D eigenvalue weighted by Crippen LogP contribution is 2.33. The Bertz CT molecular complexity index is 737. The number of carbonyl (C=O) groups excluding carboxylic acids is 1. The molecule has 1 aliphatic heterocycles. The van der Waals surface area contributed by atoms with Crippen LogP contribution in [0.2, 0.25) is 0 Å². The molecule has 0 aliphatic carbocycles. The second-order valence-electron chi connectivity index (χ2n) is 5.88. The maximum absolute atomic E-state index is 13.4. The zero-order chi connectivity index (χ0) is 17.9. The largest absolute Gasteiger partial charge is 0.481 e. The molecule has 2 atom stereocenters. The van der Waals surface area contributed by atoms with Crippen LogP contribution >= 0.6 is 0 Å². The summed E-state index contributed by atoms with van der Waals surface area (Å²) in [6.45, 7) is 0.180. The molecule has 0 radical (unpaired) electrons. The number of carboxylic acid groups (broad SMARTS) is 1. The van der Waals surface area contributed by atoms with Crippen LogP contribution in [-0.2, 0) is 19.6 Å². The molecule has 132 valence electrons. The lowest BCUT2D eigenvalue weighted by Crippen LogP contribution is -2.30. The normalized spacial score (nSPS) is 21.0. The molecule has 0 saturated carbocycles. The molecule has 0 aromatic heterocycles. The topological polar surface area (TPSA) is 118 Å².